The Labute approximate surface area is 190 Å². The molecule has 1 aromatic carbocycles. The van der Waals surface area contributed by atoms with E-state index in [1.165, 1.54) is 11.3 Å². The largest absolute Gasteiger partial charge is 0.342 e. The molecule has 1 N–H and O–H groups in total. The Morgan fingerprint density at radius 3 is 2.48 bits per heavy atom. The van der Waals surface area contributed by atoms with E-state index in [0.29, 0.717) is 30.6 Å². The Kier molecular flexibility index (Phi) is 9.62. The minimum atomic E-state index is -0.146. The maximum absolute atomic E-state index is 12.9. The summed E-state index contributed by atoms with van der Waals surface area (Å²) in [7, 11) is 0. The highest BCUT2D eigenvalue weighted by atomic mass is 32.1. The summed E-state index contributed by atoms with van der Waals surface area (Å²) in [4.78, 5) is 27.2. The third kappa shape index (κ3) is 9.17. The molecule has 2 aromatic rings. The van der Waals surface area contributed by atoms with Crippen LogP contribution >= 0.6 is 11.3 Å². The van der Waals surface area contributed by atoms with Gasteiger partial charge in [-0.05, 0) is 24.2 Å². The van der Waals surface area contributed by atoms with Crippen LogP contribution in [0.2, 0.25) is 0 Å². The second kappa shape index (κ2) is 11.9. The lowest BCUT2D eigenvalue weighted by molar-refractivity contribution is -0.132. The molecule has 0 saturated carbocycles. The number of carbonyl (C=O) groups excluding carboxylic acids is 2. The van der Waals surface area contributed by atoms with Gasteiger partial charge in [-0.25, -0.2) is 0 Å². The van der Waals surface area contributed by atoms with Crippen LogP contribution in [-0.2, 0) is 9.59 Å². The Bertz CT molecular complexity index is 830. The van der Waals surface area contributed by atoms with Crippen LogP contribution in [0.5, 0.6) is 0 Å². The average Bonchev–Trinajstić information content (AvgIpc) is 3.15. The lowest BCUT2D eigenvalue weighted by Crippen LogP contribution is -2.35. The van der Waals surface area contributed by atoms with Crippen molar-refractivity contribution in [2.75, 3.05) is 18.4 Å². The second-order valence-electron chi connectivity index (χ2n) is 9.38. The number of amides is 2. The maximum atomic E-state index is 12.9. The number of nitrogens with one attached hydrogen (secondary N) is 1. The quantitative estimate of drug-likeness (QED) is 0.488. The normalized spacial score (nSPS) is 12.4. The highest BCUT2D eigenvalue weighted by Crippen LogP contribution is 2.27. The first kappa shape index (κ1) is 25.0. The van der Waals surface area contributed by atoms with Crippen LogP contribution in [0, 0.1) is 11.3 Å². The van der Waals surface area contributed by atoms with Crippen LogP contribution in [0.15, 0.2) is 30.3 Å². The molecule has 1 heterocycles. The number of hydrogen-bond donors (Lipinski definition) is 1. The van der Waals surface area contributed by atoms with E-state index in [9.17, 15) is 9.59 Å². The van der Waals surface area contributed by atoms with Crippen LogP contribution in [0.25, 0.3) is 10.6 Å². The van der Waals surface area contributed by atoms with E-state index in [0.717, 1.165) is 29.8 Å². The minimum Gasteiger partial charge on any atom is -0.342 e. The van der Waals surface area contributed by atoms with E-state index in [1.54, 1.807) is 0 Å². The number of rotatable bonds is 11. The van der Waals surface area contributed by atoms with Crippen molar-refractivity contribution in [3.05, 3.63) is 30.3 Å². The van der Waals surface area contributed by atoms with Crippen molar-refractivity contribution < 1.29 is 9.59 Å². The van der Waals surface area contributed by atoms with Crippen LogP contribution < -0.4 is 5.32 Å². The van der Waals surface area contributed by atoms with Crippen LogP contribution in [0.1, 0.15) is 66.7 Å². The Balaban J connectivity index is 1.88. The number of nitrogens with zero attached hydrogens (tertiary/aromatic N) is 3. The first-order valence-corrected chi connectivity index (χ1v) is 12.0. The molecular weight excluding hydrogens is 408 g/mol. The van der Waals surface area contributed by atoms with Gasteiger partial charge in [0.2, 0.25) is 16.9 Å². The van der Waals surface area contributed by atoms with Crippen molar-refractivity contribution in [3.63, 3.8) is 0 Å². The van der Waals surface area contributed by atoms with Crippen LogP contribution in [0.3, 0.4) is 0 Å². The van der Waals surface area contributed by atoms with Gasteiger partial charge in [-0.1, -0.05) is 82.7 Å². The van der Waals surface area contributed by atoms with Gasteiger partial charge in [-0.3, -0.25) is 9.59 Å². The van der Waals surface area contributed by atoms with Crippen molar-refractivity contribution >= 4 is 28.3 Å². The van der Waals surface area contributed by atoms with E-state index < -0.39 is 0 Å². The number of anilines is 1. The van der Waals surface area contributed by atoms with Crippen LogP contribution in [0.4, 0.5) is 5.13 Å². The highest BCUT2D eigenvalue weighted by Gasteiger charge is 2.21. The third-order valence-electron chi connectivity index (χ3n) is 4.92. The molecule has 6 nitrogen and oxygen atoms in total. The predicted molar refractivity (Wildman–Crippen MR) is 128 cm³/mol. The lowest BCUT2D eigenvalue weighted by Gasteiger charge is -2.27. The molecule has 0 radical (unpaired) electrons. The first-order valence-electron chi connectivity index (χ1n) is 11.1. The monoisotopic (exact) mass is 444 g/mol. The molecule has 0 saturated heterocycles. The fourth-order valence-electron chi connectivity index (χ4n) is 3.64. The fourth-order valence-corrected chi connectivity index (χ4v) is 4.41. The molecule has 0 aliphatic rings. The molecule has 0 fully saturated rings. The number of aromatic nitrogens is 2. The van der Waals surface area contributed by atoms with Gasteiger partial charge in [0, 0.05) is 31.5 Å². The topological polar surface area (TPSA) is 75.2 Å². The average molecular weight is 445 g/mol. The van der Waals surface area contributed by atoms with Gasteiger partial charge < -0.3 is 10.2 Å². The summed E-state index contributed by atoms with van der Waals surface area (Å²) in [5.74, 6) is 0.316. The maximum Gasteiger partial charge on any atom is 0.227 e. The zero-order valence-corrected chi connectivity index (χ0v) is 20.3. The molecule has 0 unspecified atom stereocenters. The predicted octanol–water partition coefficient (Wildman–Crippen LogP) is 5.62. The SMILES string of the molecule is CCCCN(CCC(=O)Nc1nnc(-c2ccccc2)s1)C(=O)C[C@H](C)CC(C)(C)C. The van der Waals surface area contributed by atoms with Crippen molar-refractivity contribution in [2.24, 2.45) is 11.3 Å². The molecule has 2 rings (SSSR count). The summed E-state index contributed by atoms with van der Waals surface area (Å²) in [6, 6.07) is 9.76. The summed E-state index contributed by atoms with van der Waals surface area (Å²) in [6.45, 7) is 12.0. The van der Waals surface area contributed by atoms with Gasteiger partial charge in [-0.2, -0.15) is 0 Å². The number of hydrogen-bond acceptors (Lipinski definition) is 5. The smallest absolute Gasteiger partial charge is 0.227 e. The van der Waals surface area contributed by atoms with Crippen molar-refractivity contribution in [2.45, 2.75) is 66.7 Å². The zero-order valence-electron chi connectivity index (χ0n) is 19.5. The molecule has 0 aliphatic carbocycles. The molecule has 0 bridgehead atoms. The van der Waals surface area contributed by atoms with Gasteiger partial charge >= 0.3 is 0 Å². The summed E-state index contributed by atoms with van der Waals surface area (Å²) < 4.78 is 0. The Morgan fingerprint density at radius 1 is 1.13 bits per heavy atom. The van der Waals surface area contributed by atoms with Crippen molar-refractivity contribution in [3.8, 4) is 10.6 Å². The standard InChI is InChI=1S/C24H36N4O2S/c1-6-7-14-28(21(30)16-18(2)17-24(3,4)5)15-13-20(29)25-23-27-26-22(31-23)19-11-9-8-10-12-19/h8-12,18H,6-7,13-17H2,1-5H3,(H,25,27,29)/t18-/m0/s1. The Hall–Kier alpha value is -2.28. The van der Waals surface area contributed by atoms with Gasteiger partial charge in [0.05, 0.1) is 0 Å². The van der Waals surface area contributed by atoms with E-state index >= 15 is 0 Å². The summed E-state index contributed by atoms with van der Waals surface area (Å²) in [5.41, 5.74) is 1.18. The van der Waals surface area contributed by atoms with E-state index in [4.69, 9.17) is 0 Å². The molecule has 0 spiro atoms. The molecule has 0 aliphatic heterocycles. The van der Waals surface area contributed by atoms with Gasteiger partial charge in [0.25, 0.3) is 0 Å². The van der Waals surface area contributed by atoms with Gasteiger partial charge in [0.15, 0.2) is 0 Å². The number of benzene rings is 1. The summed E-state index contributed by atoms with van der Waals surface area (Å²) >= 11 is 1.35. The fraction of sp³-hybridized carbons (Fsp3) is 0.583. The molecular formula is C24H36N4O2S. The lowest BCUT2D eigenvalue weighted by atomic mass is 9.84. The highest BCUT2D eigenvalue weighted by molar-refractivity contribution is 7.18. The molecule has 1 atom stereocenters. The molecule has 2 amide bonds. The first-order chi connectivity index (χ1) is 14.7. The van der Waals surface area contributed by atoms with E-state index in [-0.39, 0.29) is 23.7 Å². The molecule has 1 aromatic heterocycles. The summed E-state index contributed by atoms with van der Waals surface area (Å²) in [5, 5.41) is 12.3. The Morgan fingerprint density at radius 2 is 1.84 bits per heavy atom. The van der Waals surface area contributed by atoms with Crippen molar-refractivity contribution in [1.29, 1.82) is 0 Å². The van der Waals surface area contributed by atoms with Crippen molar-refractivity contribution in [1.82, 2.24) is 15.1 Å². The van der Waals surface area contributed by atoms with Crippen LogP contribution in [-0.4, -0.2) is 40.0 Å². The molecule has 7 heteroatoms. The third-order valence-corrected chi connectivity index (χ3v) is 5.81. The van der Waals surface area contributed by atoms with E-state index in [2.05, 4.69) is 50.1 Å². The summed E-state index contributed by atoms with van der Waals surface area (Å²) in [6.07, 6.45) is 3.74. The van der Waals surface area contributed by atoms with Gasteiger partial charge in [-0.15, -0.1) is 10.2 Å². The number of carbonyl (C=O) groups is 2. The van der Waals surface area contributed by atoms with Gasteiger partial charge in [0.1, 0.15) is 5.01 Å². The molecule has 170 valence electrons. The number of unbranched alkanes of at least 4 members (excludes halogenated alkanes) is 1. The van der Waals surface area contributed by atoms with E-state index in [1.807, 2.05) is 35.2 Å². The zero-order chi connectivity index (χ0) is 22.9. The minimum absolute atomic E-state index is 0.139. The second-order valence-corrected chi connectivity index (χ2v) is 10.4. The molecule has 31 heavy (non-hydrogen) atoms.